The topological polar surface area (TPSA) is 71.1 Å². The molecule has 0 amide bonds. The molecular formula is C12H18BrN3O2S. The average molecular weight is 348 g/mol. The van der Waals surface area contributed by atoms with E-state index >= 15 is 0 Å². The number of rotatable bonds is 4. The van der Waals surface area contributed by atoms with Gasteiger partial charge in [0.1, 0.15) is 10.7 Å². The molecular weight excluding hydrogens is 330 g/mol. The summed E-state index contributed by atoms with van der Waals surface area (Å²) in [5.41, 5.74) is 0. The van der Waals surface area contributed by atoms with E-state index in [0.717, 1.165) is 25.7 Å². The molecule has 2 N–H and O–H groups in total. The largest absolute Gasteiger partial charge is 0.372 e. The molecule has 1 aromatic rings. The van der Waals surface area contributed by atoms with Crippen LogP contribution in [0.1, 0.15) is 32.1 Å². The van der Waals surface area contributed by atoms with Crippen molar-refractivity contribution in [3.05, 3.63) is 16.7 Å². The fraction of sp³-hybridized carbons (Fsp3) is 0.583. The lowest BCUT2D eigenvalue weighted by molar-refractivity contribution is 0.412. The van der Waals surface area contributed by atoms with Gasteiger partial charge in [-0.2, -0.15) is 0 Å². The highest BCUT2D eigenvalue weighted by Crippen LogP contribution is 2.25. The number of aromatic nitrogens is 1. The van der Waals surface area contributed by atoms with E-state index < -0.39 is 10.0 Å². The highest BCUT2D eigenvalue weighted by atomic mass is 79.9. The fourth-order valence-electron chi connectivity index (χ4n) is 2.32. The van der Waals surface area contributed by atoms with E-state index in [0.29, 0.717) is 10.3 Å². The van der Waals surface area contributed by atoms with Crippen molar-refractivity contribution >= 4 is 31.8 Å². The van der Waals surface area contributed by atoms with Gasteiger partial charge < -0.3 is 5.32 Å². The van der Waals surface area contributed by atoms with E-state index in [-0.39, 0.29) is 10.9 Å². The van der Waals surface area contributed by atoms with E-state index in [1.165, 1.54) is 6.42 Å². The first-order valence-electron chi connectivity index (χ1n) is 6.38. The lowest BCUT2D eigenvalue weighted by atomic mass is 9.96. The maximum absolute atomic E-state index is 12.4. The van der Waals surface area contributed by atoms with Crippen molar-refractivity contribution in [3.63, 3.8) is 0 Å². The minimum atomic E-state index is -3.53. The molecule has 0 unspecified atom stereocenters. The molecule has 0 saturated heterocycles. The third-order valence-corrected chi connectivity index (χ3v) is 5.24. The number of sulfonamides is 1. The quantitative estimate of drug-likeness (QED) is 0.877. The van der Waals surface area contributed by atoms with Crippen LogP contribution >= 0.6 is 15.9 Å². The predicted octanol–water partition coefficient (Wildman–Crippen LogP) is 2.50. The van der Waals surface area contributed by atoms with Crippen LogP contribution in [0, 0.1) is 0 Å². The number of hydrogen-bond acceptors (Lipinski definition) is 4. The molecule has 1 aliphatic carbocycles. The van der Waals surface area contributed by atoms with Crippen molar-refractivity contribution in [2.24, 2.45) is 0 Å². The van der Waals surface area contributed by atoms with Crippen molar-refractivity contribution in [1.29, 1.82) is 0 Å². The van der Waals surface area contributed by atoms with Gasteiger partial charge >= 0.3 is 0 Å². The highest BCUT2D eigenvalue weighted by molar-refractivity contribution is 9.10. The first-order chi connectivity index (χ1) is 9.03. The molecule has 1 aliphatic rings. The second-order valence-electron chi connectivity index (χ2n) is 4.71. The Morgan fingerprint density at radius 1 is 1.32 bits per heavy atom. The first-order valence-corrected chi connectivity index (χ1v) is 8.66. The molecule has 19 heavy (non-hydrogen) atoms. The lowest BCUT2D eigenvalue weighted by Crippen LogP contribution is -2.36. The van der Waals surface area contributed by atoms with Gasteiger partial charge in [0.05, 0.1) is 0 Å². The molecule has 0 radical (unpaired) electrons. The van der Waals surface area contributed by atoms with E-state index in [1.807, 2.05) is 0 Å². The Morgan fingerprint density at radius 2 is 2.00 bits per heavy atom. The summed E-state index contributed by atoms with van der Waals surface area (Å²) in [6.07, 6.45) is 6.76. The second-order valence-corrected chi connectivity index (χ2v) is 7.30. The normalized spacial score (nSPS) is 17.4. The van der Waals surface area contributed by atoms with Gasteiger partial charge in [-0.05, 0) is 34.8 Å². The smallest absolute Gasteiger partial charge is 0.244 e. The first kappa shape index (κ1) is 14.7. The number of anilines is 1. The Bertz CT molecular complexity index is 542. The molecule has 0 atom stereocenters. The number of halogens is 1. The van der Waals surface area contributed by atoms with Crippen LogP contribution in [0.2, 0.25) is 0 Å². The van der Waals surface area contributed by atoms with Crippen molar-refractivity contribution in [1.82, 2.24) is 9.71 Å². The van der Waals surface area contributed by atoms with Gasteiger partial charge in [0.25, 0.3) is 0 Å². The van der Waals surface area contributed by atoms with Gasteiger partial charge in [-0.25, -0.2) is 18.1 Å². The monoisotopic (exact) mass is 347 g/mol. The molecule has 0 spiro atoms. The average Bonchev–Trinajstić information content (AvgIpc) is 2.39. The Morgan fingerprint density at radius 3 is 2.63 bits per heavy atom. The van der Waals surface area contributed by atoms with Gasteiger partial charge in [0, 0.05) is 23.8 Å². The molecule has 7 heteroatoms. The molecule has 0 bridgehead atoms. The molecule has 1 fully saturated rings. The van der Waals surface area contributed by atoms with E-state index in [1.54, 1.807) is 19.3 Å². The van der Waals surface area contributed by atoms with Crippen LogP contribution in [0.5, 0.6) is 0 Å². The molecule has 0 aromatic carbocycles. The number of nitrogens with one attached hydrogen (secondary N) is 2. The van der Waals surface area contributed by atoms with Crippen LogP contribution in [-0.4, -0.2) is 26.5 Å². The summed E-state index contributed by atoms with van der Waals surface area (Å²) < 4.78 is 28.3. The van der Waals surface area contributed by atoms with Crippen molar-refractivity contribution in [3.8, 4) is 0 Å². The zero-order valence-corrected chi connectivity index (χ0v) is 13.2. The van der Waals surface area contributed by atoms with Crippen LogP contribution in [0.4, 0.5) is 5.82 Å². The number of nitrogens with zero attached hydrogens (tertiary/aromatic N) is 1. The summed E-state index contributed by atoms with van der Waals surface area (Å²) in [6, 6.07) is 1.62. The Kier molecular flexibility index (Phi) is 4.81. The summed E-state index contributed by atoms with van der Waals surface area (Å²) >= 11 is 3.26. The van der Waals surface area contributed by atoms with Gasteiger partial charge in [-0.3, -0.25) is 0 Å². The Labute approximate surface area is 122 Å². The maximum atomic E-state index is 12.4. The van der Waals surface area contributed by atoms with Crippen molar-refractivity contribution in [2.45, 2.75) is 43.0 Å². The van der Waals surface area contributed by atoms with Crippen LogP contribution in [0.3, 0.4) is 0 Å². The van der Waals surface area contributed by atoms with Gasteiger partial charge in [-0.15, -0.1) is 0 Å². The van der Waals surface area contributed by atoms with Crippen molar-refractivity contribution < 1.29 is 8.42 Å². The summed E-state index contributed by atoms with van der Waals surface area (Å²) in [5, 5.41) is 2.82. The van der Waals surface area contributed by atoms with Crippen LogP contribution in [0.15, 0.2) is 21.6 Å². The van der Waals surface area contributed by atoms with Crippen LogP contribution in [0.25, 0.3) is 0 Å². The molecule has 1 saturated carbocycles. The third kappa shape index (κ3) is 3.67. The fourth-order valence-corrected chi connectivity index (χ4v) is 4.29. The number of hydrogen-bond donors (Lipinski definition) is 2. The molecule has 106 valence electrons. The lowest BCUT2D eigenvalue weighted by Gasteiger charge is -2.23. The minimum Gasteiger partial charge on any atom is -0.372 e. The second kappa shape index (κ2) is 6.19. The van der Waals surface area contributed by atoms with Gasteiger partial charge in [-0.1, -0.05) is 19.3 Å². The SMILES string of the molecule is CNc1ncc(Br)cc1S(=O)(=O)NC1CCCCC1. The highest BCUT2D eigenvalue weighted by Gasteiger charge is 2.24. The Balaban J connectivity index is 2.25. The molecule has 2 rings (SSSR count). The maximum Gasteiger partial charge on any atom is 0.244 e. The zero-order chi connectivity index (χ0) is 13.9. The molecule has 1 aromatic heterocycles. The predicted molar refractivity (Wildman–Crippen MR) is 78.7 cm³/mol. The standard InChI is InChI=1S/C12H18BrN3O2S/c1-14-12-11(7-9(13)8-15-12)19(17,18)16-10-5-3-2-4-6-10/h7-8,10,16H,2-6H2,1H3,(H,14,15). The molecule has 0 aliphatic heterocycles. The van der Waals surface area contributed by atoms with Gasteiger partial charge in [0.2, 0.25) is 10.0 Å². The minimum absolute atomic E-state index is 0.0439. The number of pyridine rings is 1. The van der Waals surface area contributed by atoms with Crippen molar-refractivity contribution in [2.75, 3.05) is 12.4 Å². The van der Waals surface area contributed by atoms with Crippen LogP contribution < -0.4 is 10.0 Å². The van der Waals surface area contributed by atoms with E-state index in [2.05, 4.69) is 31.0 Å². The molecule has 1 heterocycles. The van der Waals surface area contributed by atoms with E-state index in [4.69, 9.17) is 0 Å². The zero-order valence-electron chi connectivity index (χ0n) is 10.8. The summed E-state index contributed by atoms with van der Waals surface area (Å²) in [5.74, 6) is 0.367. The Hall–Kier alpha value is -0.660. The summed E-state index contributed by atoms with van der Waals surface area (Å²) in [6.45, 7) is 0. The van der Waals surface area contributed by atoms with Gasteiger partial charge in [0.15, 0.2) is 0 Å². The third-order valence-electron chi connectivity index (χ3n) is 3.27. The van der Waals surface area contributed by atoms with Crippen LogP contribution in [-0.2, 0) is 10.0 Å². The molecule has 5 nitrogen and oxygen atoms in total. The van der Waals surface area contributed by atoms with E-state index in [9.17, 15) is 8.42 Å². The summed E-state index contributed by atoms with van der Waals surface area (Å²) in [4.78, 5) is 4.27. The summed E-state index contributed by atoms with van der Waals surface area (Å²) in [7, 11) is -1.87.